The summed E-state index contributed by atoms with van der Waals surface area (Å²) in [6.07, 6.45) is 24.3. The number of carbonyl (C=O) groups excluding carboxylic acids is 2. The van der Waals surface area contributed by atoms with Crippen molar-refractivity contribution in [3.63, 3.8) is 0 Å². The van der Waals surface area contributed by atoms with Gasteiger partial charge in [-0.25, -0.2) is 8.42 Å². The van der Waals surface area contributed by atoms with E-state index in [0.717, 1.165) is 25.7 Å². The second kappa shape index (κ2) is 38.9. The van der Waals surface area contributed by atoms with Gasteiger partial charge in [-0.15, -0.1) is 0 Å². The molecule has 0 aliphatic carbocycles. The molecule has 1 atom stereocenters. The van der Waals surface area contributed by atoms with Gasteiger partial charge < -0.3 is 33.0 Å². The van der Waals surface area contributed by atoms with Gasteiger partial charge in [-0.3, -0.25) is 9.59 Å². The minimum Gasteiger partial charge on any atom is -0.747 e. The molecule has 1 unspecified atom stereocenters. The van der Waals surface area contributed by atoms with Crippen LogP contribution in [0.5, 0.6) is 0 Å². The predicted octanol–water partition coefficient (Wildman–Crippen LogP) is 4.29. The van der Waals surface area contributed by atoms with Crippen LogP contribution in [0.2, 0.25) is 0 Å². The van der Waals surface area contributed by atoms with Gasteiger partial charge >= 0.3 is 41.5 Å². The molecular formula is C36H69NaO11S. The molecule has 0 bridgehead atoms. The molecule has 49 heavy (non-hydrogen) atoms. The zero-order valence-corrected chi connectivity index (χ0v) is 34.2. The Morgan fingerprint density at radius 1 is 0.469 bits per heavy atom. The fourth-order valence-corrected chi connectivity index (χ4v) is 5.69. The molecule has 0 aliphatic heterocycles. The van der Waals surface area contributed by atoms with Crippen molar-refractivity contribution in [1.82, 2.24) is 0 Å². The number of hydrogen-bond acceptors (Lipinski definition) is 11. The van der Waals surface area contributed by atoms with Gasteiger partial charge in [0.2, 0.25) is 0 Å². The molecule has 0 N–H and O–H groups in total. The molecule has 0 amide bonds. The maximum absolute atomic E-state index is 12.2. The molecule has 0 radical (unpaired) electrons. The van der Waals surface area contributed by atoms with Crippen molar-refractivity contribution in [3.8, 4) is 0 Å². The van der Waals surface area contributed by atoms with Crippen molar-refractivity contribution in [2.24, 2.45) is 0 Å². The van der Waals surface area contributed by atoms with Crippen LogP contribution >= 0.6 is 0 Å². The van der Waals surface area contributed by atoms with Crippen LogP contribution in [0.15, 0.2) is 0 Å². The summed E-state index contributed by atoms with van der Waals surface area (Å²) in [5, 5.41) is -2.19. The Balaban J connectivity index is 0. The minimum absolute atomic E-state index is 0. The molecule has 0 fully saturated rings. The predicted molar refractivity (Wildman–Crippen MR) is 187 cm³/mol. The van der Waals surface area contributed by atoms with Gasteiger partial charge in [-0.05, 0) is 12.8 Å². The van der Waals surface area contributed by atoms with Crippen molar-refractivity contribution in [1.29, 1.82) is 0 Å². The molecule has 0 aromatic rings. The van der Waals surface area contributed by atoms with Gasteiger partial charge in [0.1, 0.15) is 23.3 Å². The molecule has 13 heteroatoms. The van der Waals surface area contributed by atoms with Crippen molar-refractivity contribution >= 4 is 22.1 Å². The standard InChI is InChI=1S/C36H70O11S.Na/c1-3-5-7-9-11-13-15-17-19-21-23-42-25-27-44-29-31-46-35(37)33-34(48(39,40)41)36(38)47-32-30-45-28-26-43-24-22-20-18-16-14-12-10-8-6-4-2;/h34H,3-33H2,1-2H3,(H,39,40,41);/q;+1/p-1. The molecule has 11 nitrogen and oxygen atoms in total. The van der Waals surface area contributed by atoms with Gasteiger partial charge in [-0.1, -0.05) is 129 Å². The first kappa shape index (κ1) is 50.8. The molecule has 0 aliphatic rings. The summed E-state index contributed by atoms with van der Waals surface area (Å²) in [5.41, 5.74) is 0. The molecule has 0 heterocycles. The maximum atomic E-state index is 12.2. The first-order valence-electron chi connectivity index (χ1n) is 18.9. The van der Waals surface area contributed by atoms with Crippen molar-refractivity contribution in [2.75, 3.05) is 66.1 Å². The van der Waals surface area contributed by atoms with Gasteiger partial charge in [0, 0.05) is 13.2 Å². The van der Waals surface area contributed by atoms with Crippen LogP contribution in [0, 0.1) is 0 Å². The summed E-state index contributed by atoms with van der Waals surface area (Å²) in [7, 11) is -5.13. The SMILES string of the molecule is CCCCCCCCCCCCOCCOCCOC(=O)CC(C(=O)OCCOCCOCCCCCCCCCCCC)S(=O)(=O)[O-].[Na+]. The molecule has 0 aromatic carbocycles. The van der Waals surface area contributed by atoms with Crippen LogP contribution in [0.1, 0.15) is 149 Å². The maximum Gasteiger partial charge on any atom is 1.00 e. The Kier molecular flexibility index (Phi) is 40.3. The fraction of sp³-hybridized carbons (Fsp3) is 0.944. The van der Waals surface area contributed by atoms with Crippen LogP contribution in [0.3, 0.4) is 0 Å². The number of ether oxygens (including phenoxy) is 6. The first-order valence-corrected chi connectivity index (χ1v) is 20.4. The summed E-state index contributed by atoms with van der Waals surface area (Å²) >= 11 is 0. The zero-order chi connectivity index (χ0) is 35.4. The van der Waals surface area contributed by atoms with Gasteiger partial charge in [0.05, 0.1) is 46.1 Å². The molecule has 0 aromatic heterocycles. The summed E-state index contributed by atoms with van der Waals surface area (Å²) in [6.45, 7) is 6.91. The molecule has 0 saturated carbocycles. The Bertz CT molecular complexity index is 830. The third-order valence-electron chi connectivity index (χ3n) is 7.95. The van der Waals surface area contributed by atoms with Crippen molar-refractivity contribution < 1.29 is 80.5 Å². The fourth-order valence-electron chi connectivity index (χ4n) is 5.05. The average molecular weight is 733 g/mol. The quantitative estimate of drug-likeness (QED) is 0.0388. The van der Waals surface area contributed by atoms with E-state index in [2.05, 4.69) is 13.8 Å². The van der Waals surface area contributed by atoms with Crippen LogP contribution in [0.4, 0.5) is 0 Å². The molecule has 0 rings (SSSR count). The third-order valence-corrected chi connectivity index (χ3v) is 9.01. The van der Waals surface area contributed by atoms with E-state index in [1.807, 2.05) is 0 Å². The number of hydrogen-bond donors (Lipinski definition) is 0. The van der Waals surface area contributed by atoms with E-state index >= 15 is 0 Å². The number of carbonyl (C=O) groups is 2. The van der Waals surface area contributed by atoms with E-state index in [9.17, 15) is 22.6 Å². The van der Waals surface area contributed by atoms with Crippen LogP contribution in [0.25, 0.3) is 0 Å². The van der Waals surface area contributed by atoms with Crippen LogP contribution in [-0.2, 0) is 48.1 Å². The number of esters is 2. The monoisotopic (exact) mass is 732 g/mol. The van der Waals surface area contributed by atoms with Crippen molar-refractivity contribution in [3.05, 3.63) is 0 Å². The van der Waals surface area contributed by atoms with Gasteiger partial charge in [0.15, 0.2) is 5.25 Å². The summed E-state index contributed by atoms with van der Waals surface area (Å²) < 4.78 is 66.3. The van der Waals surface area contributed by atoms with E-state index in [1.54, 1.807) is 0 Å². The van der Waals surface area contributed by atoms with Gasteiger partial charge in [0.25, 0.3) is 0 Å². The first-order chi connectivity index (χ1) is 23.3. The second-order valence-corrected chi connectivity index (χ2v) is 13.9. The average Bonchev–Trinajstić information content (AvgIpc) is 3.05. The van der Waals surface area contributed by atoms with E-state index in [-0.39, 0.29) is 56.0 Å². The van der Waals surface area contributed by atoms with E-state index in [4.69, 9.17) is 28.4 Å². The van der Waals surface area contributed by atoms with Crippen LogP contribution < -0.4 is 29.6 Å². The largest absolute Gasteiger partial charge is 1.00 e. The number of unbranched alkanes of at least 4 members (excludes halogenated alkanes) is 18. The van der Waals surface area contributed by atoms with E-state index < -0.39 is 33.7 Å². The van der Waals surface area contributed by atoms with Crippen molar-refractivity contribution in [2.45, 2.75) is 154 Å². The third kappa shape index (κ3) is 37.3. The summed E-state index contributed by atoms with van der Waals surface area (Å²) in [4.78, 5) is 24.2. The topological polar surface area (TPSA) is 147 Å². The van der Waals surface area contributed by atoms with Crippen LogP contribution in [-0.4, -0.2) is 96.2 Å². The molecule has 0 saturated heterocycles. The second-order valence-electron chi connectivity index (χ2n) is 12.4. The minimum atomic E-state index is -5.13. The number of rotatable bonds is 38. The Hall–Kier alpha value is -0.310. The molecular weight excluding hydrogens is 663 g/mol. The Morgan fingerprint density at radius 3 is 1.14 bits per heavy atom. The molecule has 0 spiro atoms. The molecule has 286 valence electrons. The van der Waals surface area contributed by atoms with E-state index in [0.29, 0.717) is 39.6 Å². The Morgan fingerprint density at radius 2 is 0.776 bits per heavy atom. The summed E-state index contributed by atoms with van der Waals surface area (Å²) in [5.74, 6) is -2.31. The Labute approximate surface area is 321 Å². The zero-order valence-electron chi connectivity index (χ0n) is 31.4. The smallest absolute Gasteiger partial charge is 0.747 e. The summed E-state index contributed by atoms with van der Waals surface area (Å²) in [6, 6.07) is 0. The van der Waals surface area contributed by atoms with E-state index in [1.165, 1.54) is 103 Å². The van der Waals surface area contributed by atoms with Gasteiger partial charge in [-0.2, -0.15) is 0 Å². The normalized spacial score (nSPS) is 12.1.